The third kappa shape index (κ3) is 3.60. The molecule has 0 saturated carbocycles. The van der Waals surface area contributed by atoms with E-state index in [2.05, 4.69) is 0 Å². The predicted molar refractivity (Wildman–Crippen MR) is 97.2 cm³/mol. The quantitative estimate of drug-likeness (QED) is 0.907. The van der Waals surface area contributed by atoms with Gasteiger partial charge in [0.2, 0.25) is 0 Å². The third-order valence-electron chi connectivity index (χ3n) is 4.72. The number of nitrogens with two attached hydrogens (primary N) is 1. The van der Waals surface area contributed by atoms with E-state index in [1.165, 1.54) is 12.1 Å². The van der Waals surface area contributed by atoms with Gasteiger partial charge in [-0.25, -0.2) is 8.42 Å². The van der Waals surface area contributed by atoms with Crippen LogP contribution in [0.1, 0.15) is 28.8 Å². The lowest BCUT2D eigenvalue weighted by atomic mass is 9.95. The molecule has 2 atom stereocenters. The number of hydrogen-bond donors (Lipinski definition) is 1. The summed E-state index contributed by atoms with van der Waals surface area (Å²) in [4.78, 5) is 14.7. The van der Waals surface area contributed by atoms with Gasteiger partial charge in [0.25, 0.3) is 5.91 Å². The first-order valence-electron chi connectivity index (χ1n) is 8.35. The molecule has 0 unspecified atom stereocenters. The van der Waals surface area contributed by atoms with Gasteiger partial charge in [-0.2, -0.15) is 0 Å². The van der Waals surface area contributed by atoms with Crippen LogP contribution in [0.5, 0.6) is 0 Å². The molecule has 6 heteroatoms. The highest BCUT2D eigenvalue weighted by Gasteiger charge is 2.34. The molecule has 1 aliphatic heterocycles. The second-order valence-electron chi connectivity index (χ2n) is 6.32. The van der Waals surface area contributed by atoms with E-state index >= 15 is 0 Å². The van der Waals surface area contributed by atoms with E-state index in [1.807, 2.05) is 30.3 Å². The largest absolute Gasteiger partial charge is 0.336 e. The Bertz CT molecular complexity index is 848. The molecule has 1 heterocycles. The lowest BCUT2D eigenvalue weighted by Crippen LogP contribution is -2.32. The predicted octanol–water partition coefficient (Wildman–Crippen LogP) is 2.05. The Kier molecular flexibility index (Phi) is 4.92. The van der Waals surface area contributed by atoms with Crippen LogP contribution in [-0.4, -0.2) is 44.1 Å². The summed E-state index contributed by atoms with van der Waals surface area (Å²) in [5.74, 6) is 0.0410. The zero-order chi connectivity index (χ0) is 18.0. The smallest absolute Gasteiger partial charge is 0.253 e. The molecule has 0 radical (unpaired) electrons. The summed E-state index contributed by atoms with van der Waals surface area (Å²) < 4.78 is 23.7. The highest BCUT2D eigenvalue weighted by Crippen LogP contribution is 2.27. The fraction of sp³-hybridized carbons (Fsp3) is 0.316. The van der Waals surface area contributed by atoms with E-state index < -0.39 is 9.84 Å². The van der Waals surface area contributed by atoms with Gasteiger partial charge in [0.05, 0.1) is 10.6 Å². The third-order valence-corrected chi connectivity index (χ3v) is 6.47. The highest BCUT2D eigenvalue weighted by atomic mass is 32.2. The number of likely N-dealkylation sites (tertiary alicyclic amines) is 1. The number of carbonyl (C=O) groups is 1. The summed E-state index contributed by atoms with van der Waals surface area (Å²) >= 11 is 0. The van der Waals surface area contributed by atoms with Gasteiger partial charge in [-0.15, -0.1) is 0 Å². The molecule has 1 saturated heterocycles. The summed E-state index contributed by atoms with van der Waals surface area (Å²) in [5, 5.41) is 0. The number of benzene rings is 2. The number of sulfone groups is 1. The van der Waals surface area contributed by atoms with Crippen LogP contribution in [0.25, 0.3) is 0 Å². The Labute approximate surface area is 148 Å². The number of amides is 1. The van der Waals surface area contributed by atoms with Crippen molar-refractivity contribution < 1.29 is 13.2 Å². The van der Waals surface area contributed by atoms with Crippen molar-refractivity contribution in [1.82, 2.24) is 4.90 Å². The Morgan fingerprint density at radius 3 is 2.32 bits per heavy atom. The molecule has 2 aromatic rings. The number of rotatable bonds is 4. The molecular weight excluding hydrogens is 336 g/mol. The monoisotopic (exact) mass is 358 g/mol. The van der Waals surface area contributed by atoms with Crippen LogP contribution in [0, 0.1) is 0 Å². The Hall–Kier alpha value is -2.18. The number of carbonyl (C=O) groups excluding carboxylic acids is 1. The van der Waals surface area contributed by atoms with Gasteiger partial charge in [0.1, 0.15) is 0 Å². The van der Waals surface area contributed by atoms with E-state index in [4.69, 9.17) is 5.73 Å². The molecule has 0 aromatic heterocycles. The first-order valence-corrected chi connectivity index (χ1v) is 10.00. The van der Waals surface area contributed by atoms with Crippen molar-refractivity contribution in [2.45, 2.75) is 23.8 Å². The molecule has 0 spiro atoms. The van der Waals surface area contributed by atoms with Gasteiger partial charge in [-0.1, -0.05) is 37.3 Å². The molecule has 0 aliphatic carbocycles. The van der Waals surface area contributed by atoms with Crippen molar-refractivity contribution in [3.63, 3.8) is 0 Å². The van der Waals surface area contributed by atoms with Crippen molar-refractivity contribution in [1.29, 1.82) is 0 Å². The molecule has 3 rings (SSSR count). The van der Waals surface area contributed by atoms with Crippen LogP contribution >= 0.6 is 0 Å². The maximum Gasteiger partial charge on any atom is 0.253 e. The first-order chi connectivity index (χ1) is 11.9. The normalized spacial score (nSPS) is 20.6. The van der Waals surface area contributed by atoms with Gasteiger partial charge < -0.3 is 10.6 Å². The van der Waals surface area contributed by atoms with E-state index in [9.17, 15) is 13.2 Å². The molecule has 1 fully saturated rings. The summed E-state index contributed by atoms with van der Waals surface area (Å²) in [6.45, 7) is 2.66. The van der Waals surface area contributed by atoms with Crippen LogP contribution in [-0.2, 0) is 9.84 Å². The lowest BCUT2D eigenvalue weighted by molar-refractivity contribution is 0.0789. The second kappa shape index (κ2) is 6.98. The van der Waals surface area contributed by atoms with Crippen LogP contribution in [0.3, 0.4) is 0 Å². The average molecular weight is 358 g/mol. The van der Waals surface area contributed by atoms with Crippen LogP contribution in [0.15, 0.2) is 59.5 Å². The van der Waals surface area contributed by atoms with Crippen LogP contribution in [0.2, 0.25) is 0 Å². The average Bonchev–Trinajstić information content (AvgIpc) is 3.03. The van der Waals surface area contributed by atoms with E-state index in [-0.39, 0.29) is 28.5 Å². The summed E-state index contributed by atoms with van der Waals surface area (Å²) in [6.07, 6.45) is 0. The van der Waals surface area contributed by atoms with E-state index in [0.29, 0.717) is 18.7 Å². The Balaban J connectivity index is 1.76. The molecule has 1 amide bonds. The fourth-order valence-electron chi connectivity index (χ4n) is 3.20. The molecule has 1 aliphatic rings. The Morgan fingerprint density at radius 2 is 1.72 bits per heavy atom. The zero-order valence-corrected chi connectivity index (χ0v) is 14.9. The Morgan fingerprint density at radius 1 is 1.08 bits per heavy atom. The molecule has 2 N–H and O–H groups in total. The van der Waals surface area contributed by atoms with Gasteiger partial charge in [0.15, 0.2) is 9.84 Å². The maximum absolute atomic E-state index is 12.7. The van der Waals surface area contributed by atoms with Crippen LogP contribution < -0.4 is 5.73 Å². The number of hydrogen-bond acceptors (Lipinski definition) is 4. The zero-order valence-electron chi connectivity index (χ0n) is 14.1. The number of nitrogens with zero attached hydrogens (tertiary/aromatic N) is 1. The fourth-order valence-corrected chi connectivity index (χ4v) is 4.09. The molecule has 5 nitrogen and oxygen atoms in total. The molecular formula is C19H22N2O3S. The van der Waals surface area contributed by atoms with Gasteiger partial charge in [0, 0.05) is 30.6 Å². The summed E-state index contributed by atoms with van der Waals surface area (Å²) in [7, 11) is -3.26. The van der Waals surface area contributed by atoms with Crippen molar-refractivity contribution in [2.75, 3.05) is 18.8 Å². The van der Waals surface area contributed by atoms with Crippen molar-refractivity contribution in [3.05, 3.63) is 65.7 Å². The van der Waals surface area contributed by atoms with Crippen molar-refractivity contribution in [2.24, 2.45) is 5.73 Å². The van der Waals surface area contributed by atoms with Crippen molar-refractivity contribution in [3.8, 4) is 0 Å². The minimum absolute atomic E-state index is 0.0417. The van der Waals surface area contributed by atoms with Crippen molar-refractivity contribution >= 4 is 15.7 Å². The topological polar surface area (TPSA) is 80.5 Å². The molecule has 2 aromatic carbocycles. The minimum Gasteiger partial charge on any atom is -0.336 e. The lowest BCUT2D eigenvalue weighted by Gasteiger charge is -2.17. The molecule has 0 bridgehead atoms. The molecule has 25 heavy (non-hydrogen) atoms. The summed E-state index contributed by atoms with van der Waals surface area (Å²) in [5.41, 5.74) is 7.86. The van der Waals surface area contributed by atoms with Gasteiger partial charge in [-0.05, 0) is 29.8 Å². The van der Waals surface area contributed by atoms with E-state index in [1.54, 1.807) is 24.0 Å². The highest BCUT2D eigenvalue weighted by molar-refractivity contribution is 7.91. The minimum atomic E-state index is -3.26. The standard InChI is InChI=1S/C19H22N2O3S/c1-2-25(23,24)16-10-8-15(9-11-16)19(22)21-12-17(18(20)13-21)14-6-4-3-5-7-14/h3-11,17-18H,2,12-13,20H2,1H3/t17-,18+/m0/s1. The van der Waals surface area contributed by atoms with Gasteiger partial charge >= 0.3 is 0 Å². The van der Waals surface area contributed by atoms with E-state index in [0.717, 1.165) is 5.56 Å². The SMILES string of the molecule is CCS(=O)(=O)c1ccc(C(=O)N2C[C@@H](N)[C@H](c3ccccc3)C2)cc1. The maximum atomic E-state index is 12.7. The van der Waals surface area contributed by atoms with Crippen LogP contribution in [0.4, 0.5) is 0 Å². The van der Waals surface area contributed by atoms with Gasteiger partial charge in [-0.3, -0.25) is 4.79 Å². The second-order valence-corrected chi connectivity index (χ2v) is 8.60. The first kappa shape index (κ1) is 17.6. The molecule has 132 valence electrons. The summed E-state index contributed by atoms with van der Waals surface area (Å²) in [6, 6.07) is 16.0.